The second-order valence-electron chi connectivity index (χ2n) is 13.4. The molecule has 3 amide bonds. The third-order valence-corrected chi connectivity index (χ3v) is 9.09. The standard InChI is InChI=1S/C32H42ClFN4O7/c1-5-8-19(26(40)28(35)41)14-25(39)24-16-32(15-23(37-45-32)18-11-12-22(34)21(33)13-18)17-38(24)29(42)27(31(2,3)4)36-30(43)44-20-9-6-7-10-20/h11-13,19-20,24,27H,5-10,14-17H2,1-4H3,(H2,35,41)(H,36,43)/t19-,24+,27-,32-/m1/s1. The number of Topliss-reactive ketones (excluding diaryl/α,β-unsaturated/α-hetero) is 2. The molecule has 1 aliphatic carbocycles. The van der Waals surface area contributed by atoms with Crippen molar-refractivity contribution in [2.75, 3.05) is 6.54 Å². The van der Waals surface area contributed by atoms with Crippen molar-refractivity contribution in [2.24, 2.45) is 22.2 Å². The van der Waals surface area contributed by atoms with E-state index in [2.05, 4.69) is 10.5 Å². The number of nitrogens with two attached hydrogens (primary N) is 1. The molecule has 2 fully saturated rings. The predicted molar refractivity (Wildman–Crippen MR) is 164 cm³/mol. The molecule has 45 heavy (non-hydrogen) atoms. The molecule has 13 heteroatoms. The van der Waals surface area contributed by atoms with Gasteiger partial charge in [-0.25, -0.2) is 9.18 Å². The van der Waals surface area contributed by atoms with Gasteiger partial charge in [-0.1, -0.05) is 56.9 Å². The van der Waals surface area contributed by atoms with Gasteiger partial charge in [-0.2, -0.15) is 0 Å². The van der Waals surface area contributed by atoms with Crippen LogP contribution in [-0.4, -0.2) is 70.4 Å². The number of benzene rings is 1. The van der Waals surface area contributed by atoms with Crippen LogP contribution in [0.5, 0.6) is 0 Å². The summed E-state index contributed by atoms with van der Waals surface area (Å²) in [7, 11) is 0. The number of primary amides is 1. The van der Waals surface area contributed by atoms with E-state index in [1.165, 1.54) is 23.1 Å². The molecular weight excluding hydrogens is 607 g/mol. The van der Waals surface area contributed by atoms with Crippen molar-refractivity contribution in [1.82, 2.24) is 10.2 Å². The molecule has 0 aromatic heterocycles. The average Bonchev–Trinajstić information content (AvgIpc) is 3.72. The van der Waals surface area contributed by atoms with Crippen LogP contribution < -0.4 is 11.1 Å². The largest absolute Gasteiger partial charge is 0.446 e. The zero-order chi connectivity index (χ0) is 33.1. The first kappa shape index (κ1) is 34.3. The number of likely N-dealkylation sites (tertiary alicyclic amines) is 1. The number of hydrogen-bond donors (Lipinski definition) is 2. The van der Waals surface area contributed by atoms with Gasteiger partial charge in [-0.05, 0) is 49.7 Å². The van der Waals surface area contributed by atoms with Crippen molar-refractivity contribution in [1.29, 1.82) is 0 Å². The maximum atomic E-state index is 14.3. The highest BCUT2D eigenvalue weighted by molar-refractivity contribution is 6.36. The van der Waals surface area contributed by atoms with Crippen LogP contribution >= 0.6 is 11.6 Å². The Morgan fingerprint density at radius 2 is 1.91 bits per heavy atom. The second kappa shape index (κ2) is 13.8. The highest BCUT2D eigenvalue weighted by Crippen LogP contribution is 2.41. The van der Waals surface area contributed by atoms with E-state index in [1.807, 2.05) is 6.92 Å². The number of oxime groups is 1. The lowest BCUT2D eigenvalue weighted by Crippen LogP contribution is -2.57. The van der Waals surface area contributed by atoms with Gasteiger partial charge < -0.3 is 25.5 Å². The molecule has 246 valence electrons. The van der Waals surface area contributed by atoms with Crippen molar-refractivity contribution in [3.63, 3.8) is 0 Å². The first-order valence-corrected chi connectivity index (χ1v) is 15.9. The van der Waals surface area contributed by atoms with E-state index in [1.54, 1.807) is 20.8 Å². The lowest BCUT2D eigenvalue weighted by atomic mass is 9.85. The van der Waals surface area contributed by atoms with Gasteiger partial charge in [0, 0.05) is 30.7 Å². The summed E-state index contributed by atoms with van der Waals surface area (Å²) in [6.45, 7) is 7.16. The van der Waals surface area contributed by atoms with Gasteiger partial charge in [-0.3, -0.25) is 19.2 Å². The maximum Gasteiger partial charge on any atom is 0.408 e. The van der Waals surface area contributed by atoms with E-state index in [0.29, 0.717) is 17.7 Å². The zero-order valence-electron chi connectivity index (χ0n) is 26.2. The number of hydrogen-bond acceptors (Lipinski definition) is 8. The first-order valence-electron chi connectivity index (χ1n) is 15.5. The highest BCUT2D eigenvalue weighted by atomic mass is 35.5. The minimum absolute atomic E-state index is 0.0433. The fraction of sp³-hybridized carbons (Fsp3) is 0.625. The third kappa shape index (κ3) is 8.01. The molecule has 3 N–H and O–H groups in total. The number of ketones is 2. The molecule has 1 aromatic rings. The Morgan fingerprint density at radius 1 is 1.22 bits per heavy atom. The quantitative estimate of drug-likeness (QED) is 0.336. The number of halogens is 2. The Balaban J connectivity index is 1.61. The molecule has 2 heterocycles. The van der Waals surface area contributed by atoms with Crippen LogP contribution in [0.2, 0.25) is 5.02 Å². The number of amides is 3. The van der Waals surface area contributed by atoms with Crippen molar-refractivity contribution < 1.29 is 37.9 Å². The van der Waals surface area contributed by atoms with Crippen molar-refractivity contribution in [3.05, 3.63) is 34.6 Å². The Morgan fingerprint density at radius 3 is 2.51 bits per heavy atom. The van der Waals surface area contributed by atoms with Crippen LogP contribution in [0.1, 0.15) is 91.0 Å². The smallest absolute Gasteiger partial charge is 0.408 e. The highest BCUT2D eigenvalue weighted by Gasteiger charge is 2.55. The summed E-state index contributed by atoms with van der Waals surface area (Å²) in [6, 6.07) is 2.06. The van der Waals surface area contributed by atoms with E-state index >= 15 is 0 Å². The van der Waals surface area contributed by atoms with Crippen LogP contribution in [-0.2, 0) is 28.8 Å². The number of ether oxygens (including phenoxy) is 1. The van der Waals surface area contributed by atoms with Crippen LogP contribution in [0.3, 0.4) is 0 Å². The van der Waals surface area contributed by atoms with Gasteiger partial charge in [0.05, 0.1) is 23.3 Å². The van der Waals surface area contributed by atoms with Crippen molar-refractivity contribution in [2.45, 2.75) is 109 Å². The fourth-order valence-electron chi connectivity index (χ4n) is 6.39. The number of rotatable bonds is 11. The first-order chi connectivity index (χ1) is 21.1. The van der Waals surface area contributed by atoms with E-state index in [4.69, 9.17) is 26.9 Å². The Labute approximate surface area is 267 Å². The van der Waals surface area contributed by atoms with Crippen LogP contribution in [0.4, 0.5) is 9.18 Å². The maximum absolute atomic E-state index is 14.3. The molecule has 1 aromatic carbocycles. The van der Waals surface area contributed by atoms with Gasteiger partial charge in [0.2, 0.25) is 11.7 Å². The van der Waals surface area contributed by atoms with E-state index in [-0.39, 0.29) is 43.4 Å². The number of nitrogens with one attached hydrogen (secondary N) is 1. The molecule has 4 rings (SSSR count). The zero-order valence-corrected chi connectivity index (χ0v) is 27.0. The molecule has 11 nitrogen and oxygen atoms in total. The minimum atomic E-state index is -1.12. The lowest BCUT2D eigenvalue weighted by molar-refractivity contribution is -0.143. The van der Waals surface area contributed by atoms with E-state index in [0.717, 1.165) is 25.7 Å². The summed E-state index contributed by atoms with van der Waals surface area (Å²) in [4.78, 5) is 72.7. The predicted octanol–water partition coefficient (Wildman–Crippen LogP) is 4.46. The molecule has 0 bridgehead atoms. The van der Waals surface area contributed by atoms with Gasteiger partial charge in [0.25, 0.3) is 5.91 Å². The monoisotopic (exact) mass is 648 g/mol. The van der Waals surface area contributed by atoms with Crippen molar-refractivity contribution >= 4 is 46.8 Å². The SMILES string of the molecule is CCC[C@H](CC(=O)[C@@H]1C[C@]2(CC(c3ccc(F)c(Cl)c3)=NO2)CN1C(=O)[C@@H](NC(=O)OC1CCCC1)C(C)(C)C)C(=O)C(N)=O. The Kier molecular flexibility index (Phi) is 10.6. The van der Waals surface area contributed by atoms with Gasteiger partial charge in [-0.15, -0.1) is 0 Å². The molecule has 0 radical (unpaired) electrons. The summed E-state index contributed by atoms with van der Waals surface area (Å²) >= 11 is 5.99. The van der Waals surface area contributed by atoms with Gasteiger partial charge in [0.1, 0.15) is 18.0 Å². The molecule has 1 saturated carbocycles. The summed E-state index contributed by atoms with van der Waals surface area (Å²) in [5.74, 6) is -4.42. The molecule has 1 saturated heterocycles. The normalized spacial score (nSPS) is 22.9. The van der Waals surface area contributed by atoms with Crippen LogP contribution in [0, 0.1) is 17.2 Å². The summed E-state index contributed by atoms with van der Waals surface area (Å²) < 4.78 is 19.4. The van der Waals surface area contributed by atoms with Crippen LogP contribution in [0.15, 0.2) is 23.4 Å². The molecule has 0 unspecified atom stereocenters. The lowest BCUT2D eigenvalue weighted by Gasteiger charge is -2.35. The molecular formula is C32H42ClFN4O7. The van der Waals surface area contributed by atoms with Gasteiger partial charge >= 0.3 is 6.09 Å². The number of carbonyl (C=O) groups is 5. The summed E-state index contributed by atoms with van der Waals surface area (Å²) in [6.07, 6.45) is 3.27. The molecule has 1 spiro atoms. The fourth-order valence-corrected chi connectivity index (χ4v) is 6.57. The molecule has 3 aliphatic rings. The van der Waals surface area contributed by atoms with Crippen molar-refractivity contribution in [3.8, 4) is 0 Å². The number of nitrogens with zero attached hydrogens (tertiary/aromatic N) is 2. The summed E-state index contributed by atoms with van der Waals surface area (Å²) in [5, 5.41) is 6.88. The number of alkyl carbamates (subject to hydrolysis) is 1. The van der Waals surface area contributed by atoms with E-state index < -0.39 is 64.3 Å². The van der Waals surface area contributed by atoms with E-state index in [9.17, 15) is 28.4 Å². The average molecular weight is 649 g/mol. The Hall–Kier alpha value is -3.54. The Bertz CT molecular complexity index is 1370. The topological polar surface area (TPSA) is 157 Å². The third-order valence-electron chi connectivity index (χ3n) is 8.80. The minimum Gasteiger partial charge on any atom is -0.446 e. The van der Waals surface area contributed by atoms with Crippen LogP contribution in [0.25, 0.3) is 0 Å². The summed E-state index contributed by atoms with van der Waals surface area (Å²) in [5.41, 5.74) is 4.39. The molecule has 2 aliphatic heterocycles. The number of carbonyl (C=O) groups excluding carboxylic acids is 5. The van der Waals surface area contributed by atoms with Gasteiger partial charge in [0.15, 0.2) is 11.4 Å². The second-order valence-corrected chi connectivity index (χ2v) is 13.9. The molecule has 4 atom stereocenters.